The predicted octanol–water partition coefficient (Wildman–Crippen LogP) is 1.77. The molecule has 1 saturated carbocycles. The number of carbonyl (C=O) groups excluding carboxylic acids is 1. The van der Waals surface area contributed by atoms with Crippen molar-refractivity contribution >= 4 is 28.0 Å². The number of nitrogens with two attached hydrogens (primary N) is 1. The maximum Gasteiger partial charge on any atom is 0.220 e. The van der Waals surface area contributed by atoms with Crippen LogP contribution in [0.4, 0.5) is 0 Å². The van der Waals surface area contributed by atoms with E-state index in [0.717, 1.165) is 41.3 Å². The van der Waals surface area contributed by atoms with E-state index >= 15 is 0 Å². The number of nitrogens with one attached hydrogen (secondary N) is 1. The minimum absolute atomic E-state index is 0.0593. The van der Waals surface area contributed by atoms with E-state index in [2.05, 4.69) is 31.9 Å². The lowest BCUT2D eigenvalue weighted by Gasteiger charge is -2.19. The Morgan fingerprint density at radius 1 is 1.45 bits per heavy atom. The minimum atomic E-state index is -0.202. The molecule has 0 saturated heterocycles. The Morgan fingerprint density at radius 3 is 3.09 bits per heavy atom. The lowest BCUT2D eigenvalue weighted by molar-refractivity contribution is -0.121. The Morgan fingerprint density at radius 2 is 2.32 bits per heavy atom. The third kappa shape index (κ3) is 1.81. The third-order valence-corrected chi connectivity index (χ3v) is 4.92. The molecule has 1 aliphatic rings. The molecule has 3 atom stereocenters. The lowest BCUT2D eigenvalue weighted by atomic mass is 10.00. The summed E-state index contributed by atoms with van der Waals surface area (Å²) in [4.78, 5) is 20.1. The van der Waals surface area contributed by atoms with Gasteiger partial charge in [0.1, 0.15) is 5.52 Å². The number of aromatic nitrogens is 5. The second-order valence-corrected chi connectivity index (χ2v) is 6.06. The van der Waals surface area contributed by atoms with E-state index in [4.69, 9.17) is 5.73 Å². The smallest absolute Gasteiger partial charge is 0.220 e. The van der Waals surface area contributed by atoms with Crippen molar-refractivity contribution in [1.29, 1.82) is 0 Å². The SMILES string of the molecule is CC[C@@H]1C[C@H](C(N)=O)C[C@@H]1n1[nH]nc2cnc3nccc3c21. The quantitative estimate of drug-likeness (QED) is 0.769. The summed E-state index contributed by atoms with van der Waals surface area (Å²) in [5.74, 6) is 0.153. The van der Waals surface area contributed by atoms with Gasteiger partial charge < -0.3 is 5.73 Å². The number of hydrogen-bond acceptors (Lipinski definition) is 4. The van der Waals surface area contributed by atoms with Crippen molar-refractivity contribution in [2.45, 2.75) is 32.2 Å². The van der Waals surface area contributed by atoms with Gasteiger partial charge in [-0.25, -0.2) is 15.2 Å². The van der Waals surface area contributed by atoms with Gasteiger partial charge in [-0.05, 0) is 24.8 Å². The lowest BCUT2D eigenvalue weighted by Crippen LogP contribution is -2.21. The number of fused-ring (bicyclic) bond motifs is 3. The van der Waals surface area contributed by atoms with Gasteiger partial charge >= 0.3 is 0 Å². The van der Waals surface area contributed by atoms with Gasteiger partial charge in [0, 0.05) is 17.5 Å². The van der Waals surface area contributed by atoms with Crippen molar-refractivity contribution in [1.82, 2.24) is 25.0 Å². The largest absolute Gasteiger partial charge is 0.369 e. The molecule has 0 aliphatic heterocycles. The highest BCUT2D eigenvalue weighted by Gasteiger charge is 2.38. The molecular weight excluding hydrogens is 280 g/mol. The molecule has 1 aliphatic carbocycles. The number of hydrogen-bond donors (Lipinski definition) is 2. The number of rotatable bonds is 3. The normalized spacial score (nSPS) is 25.2. The van der Waals surface area contributed by atoms with E-state index in [1.165, 1.54) is 0 Å². The highest BCUT2D eigenvalue weighted by molar-refractivity contribution is 6.00. The summed E-state index contributed by atoms with van der Waals surface area (Å²) in [6.45, 7) is 2.15. The molecule has 3 aromatic rings. The zero-order valence-corrected chi connectivity index (χ0v) is 12.4. The van der Waals surface area contributed by atoms with Crippen molar-refractivity contribution in [3.05, 3.63) is 18.5 Å². The van der Waals surface area contributed by atoms with Crippen molar-refractivity contribution in [3.8, 4) is 0 Å². The molecule has 1 amide bonds. The number of carbonyl (C=O) groups is 1. The number of H-pyrrole nitrogens is 1. The molecule has 4 rings (SSSR count). The van der Waals surface area contributed by atoms with Crippen LogP contribution in [-0.2, 0) is 4.79 Å². The number of aromatic amines is 1. The summed E-state index contributed by atoms with van der Waals surface area (Å²) >= 11 is 0. The minimum Gasteiger partial charge on any atom is -0.369 e. The van der Waals surface area contributed by atoms with Crippen molar-refractivity contribution in [2.75, 3.05) is 0 Å². The van der Waals surface area contributed by atoms with Crippen LogP contribution in [0.25, 0.3) is 22.1 Å². The van der Waals surface area contributed by atoms with Gasteiger partial charge in [-0.1, -0.05) is 13.3 Å². The van der Waals surface area contributed by atoms with E-state index < -0.39 is 0 Å². The molecule has 3 N–H and O–H groups in total. The molecule has 22 heavy (non-hydrogen) atoms. The number of amides is 1. The van der Waals surface area contributed by atoms with E-state index in [9.17, 15) is 4.79 Å². The molecule has 7 heteroatoms. The fourth-order valence-corrected chi connectivity index (χ4v) is 3.76. The molecule has 3 aromatic heterocycles. The average Bonchev–Trinajstić information content (AvgIpc) is 3.22. The maximum atomic E-state index is 11.6. The Bertz CT molecular complexity index is 850. The summed E-state index contributed by atoms with van der Waals surface area (Å²) < 4.78 is 2.08. The topological polar surface area (TPSA) is 102 Å². The molecule has 0 spiro atoms. The van der Waals surface area contributed by atoms with Crippen LogP contribution in [0, 0.1) is 11.8 Å². The van der Waals surface area contributed by atoms with Crippen LogP contribution < -0.4 is 5.73 Å². The Hall–Kier alpha value is -2.44. The predicted molar refractivity (Wildman–Crippen MR) is 81.9 cm³/mol. The third-order valence-electron chi connectivity index (χ3n) is 4.92. The fraction of sp³-hybridized carbons (Fsp3) is 0.467. The van der Waals surface area contributed by atoms with Crippen LogP contribution in [0.3, 0.4) is 0 Å². The van der Waals surface area contributed by atoms with Crippen molar-refractivity contribution < 1.29 is 4.79 Å². The summed E-state index contributed by atoms with van der Waals surface area (Å²) in [5.41, 5.74) is 8.07. The molecule has 0 radical (unpaired) electrons. The zero-order valence-electron chi connectivity index (χ0n) is 12.4. The summed E-state index contributed by atoms with van der Waals surface area (Å²) in [5, 5.41) is 8.46. The van der Waals surface area contributed by atoms with Gasteiger partial charge in [0.2, 0.25) is 5.91 Å². The zero-order chi connectivity index (χ0) is 15.3. The monoisotopic (exact) mass is 298 g/mol. The first-order valence-electron chi connectivity index (χ1n) is 7.64. The molecular formula is C15H18N6O. The van der Waals surface area contributed by atoms with Crippen LogP contribution in [0.15, 0.2) is 18.5 Å². The first kappa shape index (κ1) is 13.2. The van der Waals surface area contributed by atoms with Crippen LogP contribution in [-0.4, -0.2) is 30.9 Å². The molecule has 0 aromatic carbocycles. The van der Waals surface area contributed by atoms with Crippen LogP contribution in [0.5, 0.6) is 0 Å². The standard InChI is InChI=1S/C15H18N6O/c1-2-8-5-9(14(16)22)6-12(8)21-13-10-3-4-17-15(10)18-7-11(13)19-20-21/h3-4,7-9,12,20H,2,5-6H2,1H3,(H2,16,22)/t8-,9+,12+/m1/s1. The summed E-state index contributed by atoms with van der Waals surface area (Å²) in [7, 11) is 0. The maximum absolute atomic E-state index is 11.6. The fourth-order valence-electron chi connectivity index (χ4n) is 3.76. The van der Waals surface area contributed by atoms with Gasteiger partial charge in [0.25, 0.3) is 0 Å². The van der Waals surface area contributed by atoms with E-state index in [-0.39, 0.29) is 17.9 Å². The molecule has 7 nitrogen and oxygen atoms in total. The molecule has 114 valence electrons. The van der Waals surface area contributed by atoms with Gasteiger partial charge in [-0.3, -0.25) is 9.48 Å². The van der Waals surface area contributed by atoms with Gasteiger partial charge in [0.15, 0.2) is 5.65 Å². The first-order valence-corrected chi connectivity index (χ1v) is 7.64. The van der Waals surface area contributed by atoms with Crippen molar-refractivity contribution in [3.63, 3.8) is 0 Å². The average molecular weight is 298 g/mol. The summed E-state index contributed by atoms with van der Waals surface area (Å²) in [6.07, 6.45) is 6.10. The Balaban J connectivity index is 1.86. The van der Waals surface area contributed by atoms with Crippen LogP contribution >= 0.6 is 0 Å². The Kier molecular flexibility index (Phi) is 2.88. The van der Waals surface area contributed by atoms with Gasteiger partial charge in [0.05, 0.1) is 17.8 Å². The van der Waals surface area contributed by atoms with E-state index in [1.807, 2.05) is 6.07 Å². The molecule has 1 fully saturated rings. The van der Waals surface area contributed by atoms with Gasteiger partial charge in [-0.2, -0.15) is 5.10 Å². The molecule has 3 heterocycles. The van der Waals surface area contributed by atoms with Crippen molar-refractivity contribution in [2.24, 2.45) is 17.6 Å². The van der Waals surface area contributed by atoms with E-state index in [1.54, 1.807) is 12.4 Å². The number of primary amides is 1. The molecule has 0 unspecified atom stereocenters. The highest BCUT2D eigenvalue weighted by atomic mass is 16.1. The van der Waals surface area contributed by atoms with Crippen LogP contribution in [0.1, 0.15) is 32.2 Å². The van der Waals surface area contributed by atoms with Gasteiger partial charge in [-0.15, -0.1) is 0 Å². The summed E-state index contributed by atoms with van der Waals surface area (Å²) in [6, 6.07) is 2.16. The Labute approximate surface area is 126 Å². The number of nitrogens with zero attached hydrogens (tertiary/aromatic N) is 4. The van der Waals surface area contributed by atoms with Crippen LogP contribution in [0.2, 0.25) is 0 Å². The first-order chi connectivity index (χ1) is 10.7. The van der Waals surface area contributed by atoms with E-state index in [0.29, 0.717) is 5.92 Å². The number of pyridine rings is 1. The second kappa shape index (κ2) is 4.79. The second-order valence-electron chi connectivity index (χ2n) is 6.06. The highest BCUT2D eigenvalue weighted by Crippen LogP contribution is 2.42. The molecule has 0 bridgehead atoms.